The maximum Gasteiger partial charge on any atom is 0.417 e. The third-order valence-corrected chi connectivity index (χ3v) is 25.9. The maximum atomic E-state index is 13.3. The zero-order valence-electron chi connectivity index (χ0n) is 76.2. The van der Waals surface area contributed by atoms with Crippen molar-refractivity contribution < 1.29 is 106 Å². The van der Waals surface area contributed by atoms with Crippen LogP contribution < -0.4 is 50.5 Å². The Kier molecular flexibility index (Phi) is 33.1. The smallest absolute Gasteiger partial charge is 0.391 e. The van der Waals surface area contributed by atoms with E-state index in [1.807, 2.05) is 62.3 Å². The highest BCUT2D eigenvalue weighted by atomic mass is 32.2. The fraction of sp³-hybridized carbons (Fsp3) is 0.559. The third kappa shape index (κ3) is 27.0. The van der Waals surface area contributed by atoms with Gasteiger partial charge in [0.05, 0.1) is 35.4 Å². The number of benzene rings is 3. The summed E-state index contributed by atoms with van der Waals surface area (Å²) in [6, 6.07) is 21.4. The van der Waals surface area contributed by atoms with E-state index in [0.29, 0.717) is 90.1 Å². The Labute approximate surface area is 762 Å². The quantitative estimate of drug-likeness (QED) is 0.0370. The molecule has 5 saturated heterocycles. The molecule has 0 spiro atoms. The Morgan fingerprint density at radius 1 is 0.508 bits per heavy atom. The second-order valence-corrected chi connectivity index (χ2v) is 40.1. The summed E-state index contributed by atoms with van der Waals surface area (Å²) in [5.41, 5.74) is 1.21. The minimum absolute atomic E-state index is 0.118. The van der Waals surface area contributed by atoms with Gasteiger partial charge in [0.1, 0.15) is 59.2 Å². The molecule has 132 heavy (non-hydrogen) atoms. The van der Waals surface area contributed by atoms with Gasteiger partial charge < -0.3 is 54.8 Å². The lowest BCUT2D eigenvalue weighted by Gasteiger charge is -2.32. The van der Waals surface area contributed by atoms with Gasteiger partial charge in [0.2, 0.25) is 75.0 Å². The summed E-state index contributed by atoms with van der Waals surface area (Å²) < 4.78 is 131. The Morgan fingerprint density at radius 2 is 0.924 bits per heavy atom. The minimum atomic E-state index is -4.45. The summed E-state index contributed by atoms with van der Waals surface area (Å²) >= 11 is 0. The largest absolute Gasteiger partial charge is 0.417 e. The first-order valence-corrected chi connectivity index (χ1v) is 46.7. The van der Waals surface area contributed by atoms with Gasteiger partial charge in [0.15, 0.2) is 11.6 Å². The zero-order valence-corrected chi connectivity index (χ0v) is 77.0. The highest BCUT2D eigenvalue weighted by molar-refractivity contribution is 7.92. The van der Waals surface area contributed by atoms with E-state index in [4.69, 9.17) is 13.6 Å². The monoisotopic (exact) mass is 1870 g/mol. The second-order valence-electron chi connectivity index (χ2n) is 38.1. The summed E-state index contributed by atoms with van der Waals surface area (Å²) in [5.74, 6) is -2.77. The zero-order chi connectivity index (χ0) is 96.1. The van der Waals surface area contributed by atoms with Gasteiger partial charge in [-0.05, 0) is 155 Å². The van der Waals surface area contributed by atoms with Crippen molar-refractivity contribution >= 4 is 109 Å². The Balaban J connectivity index is 0.000000159. The number of rotatable bonds is 19. The molecule has 3 aromatic carbocycles. The van der Waals surface area contributed by atoms with E-state index < -0.39 is 87.7 Å². The van der Waals surface area contributed by atoms with Crippen molar-refractivity contribution in [1.29, 1.82) is 0 Å². The highest BCUT2D eigenvalue weighted by Gasteiger charge is 2.47. The van der Waals surface area contributed by atoms with Gasteiger partial charge in [-0.3, -0.25) is 67.5 Å². The molecule has 8 fully saturated rings. The van der Waals surface area contributed by atoms with Crippen molar-refractivity contribution in [3.05, 3.63) is 144 Å². The van der Waals surface area contributed by atoms with Crippen LogP contribution >= 0.6 is 0 Å². The number of hydrogen-bond acceptors (Lipinski definition) is 21. The van der Waals surface area contributed by atoms with Gasteiger partial charge >= 0.3 is 6.18 Å². The predicted octanol–water partition coefficient (Wildman–Crippen LogP) is 14.2. The van der Waals surface area contributed by atoms with Crippen LogP contribution in [0.3, 0.4) is 0 Å². The molecule has 8 aliphatic rings. The molecular formula is C93H120F7N15O16S. The van der Waals surface area contributed by atoms with Crippen LogP contribution in [0.15, 0.2) is 123 Å². The molecule has 7 atom stereocenters. The summed E-state index contributed by atoms with van der Waals surface area (Å²) in [5, 5.41) is 45.6. The minimum Gasteiger partial charge on any atom is -0.391 e. The van der Waals surface area contributed by atoms with Crippen molar-refractivity contribution in [2.45, 2.75) is 274 Å². The second kappa shape index (κ2) is 43.1. The predicted molar refractivity (Wildman–Crippen MR) is 479 cm³/mol. The number of halogens is 7. The molecule has 3 aliphatic carbocycles. The lowest BCUT2D eigenvalue weighted by molar-refractivity contribution is -0.145. The number of nitrogens with zero attached hydrogens (tertiary/aromatic N) is 10. The van der Waals surface area contributed by atoms with E-state index in [1.165, 1.54) is 120 Å². The number of amides is 9. The maximum absolute atomic E-state index is 13.3. The fourth-order valence-corrected chi connectivity index (χ4v) is 17.6. The number of likely N-dealkylation sites (tertiary alicyclic amines) is 1. The van der Waals surface area contributed by atoms with Crippen molar-refractivity contribution in [3.63, 3.8) is 0 Å². The molecule has 0 bridgehead atoms. The SMILES string of the molecule is CC(C)(C)c1cc(NC(=O)[C@@H]2CCC(=O)N2c2ccc(F)cc2)no1.CC(C)(C)c1cc(NC(=O)[C@@H]2CCC(=O)N2c2ccc(F)cc2)on1.CN(c1ccc(N2C(=O)CC[C@H]2C(=O)Nc2cc(C(C)(C)C)on2)cc1)S(C)(=O)=O.O=C(NCC1CCCCC1)[C@@H]1C[C@@H](O)CN1C(=O)C1CCC(F)(F)CC1.O=C(NCC1CCCCC1)[C@@H]1C[C@@H](O)CN1c1ccc(C(F)(F)F)cn1. The molecule has 9 amide bonds. The van der Waals surface area contributed by atoms with Crippen LogP contribution in [0, 0.1) is 29.4 Å². The van der Waals surface area contributed by atoms with Crippen molar-refractivity contribution in [1.82, 2.24) is 36.0 Å². The Hall–Kier alpha value is -11.3. The van der Waals surface area contributed by atoms with E-state index in [-0.39, 0.29) is 152 Å². The van der Waals surface area contributed by atoms with Crippen LogP contribution in [0.2, 0.25) is 0 Å². The fourth-order valence-electron chi connectivity index (χ4n) is 17.0. The Bertz CT molecular complexity index is 5110. The number of β-amino-alcohol motifs (C(OH)–C–C–N with tert-alkyl or cyclic N) is 2. The van der Waals surface area contributed by atoms with Crippen LogP contribution in [-0.2, 0) is 75.6 Å². The summed E-state index contributed by atoms with van der Waals surface area (Å²) in [6.45, 7) is 19.3. The molecule has 9 heterocycles. The molecule has 0 radical (unpaired) electrons. The molecule has 3 saturated carbocycles. The van der Waals surface area contributed by atoms with Gasteiger partial charge in [-0.25, -0.2) is 31.0 Å². The summed E-state index contributed by atoms with van der Waals surface area (Å²) in [4.78, 5) is 124. The van der Waals surface area contributed by atoms with E-state index in [1.54, 1.807) is 47.4 Å². The highest BCUT2D eigenvalue weighted by Crippen LogP contribution is 2.41. The number of sulfonamides is 1. The molecule has 7 N–H and O–H groups in total. The molecular weight excluding hydrogens is 1750 g/mol. The number of anilines is 8. The normalized spacial score (nSPS) is 21.5. The van der Waals surface area contributed by atoms with Gasteiger partial charge in [0, 0.05) is 142 Å². The van der Waals surface area contributed by atoms with Crippen molar-refractivity contribution in [2.75, 3.05) is 79.3 Å². The van der Waals surface area contributed by atoms with E-state index in [0.717, 1.165) is 54.2 Å². The lowest BCUT2D eigenvalue weighted by Crippen LogP contribution is -2.49. The number of carbonyl (C=O) groups excluding carboxylic acids is 9. The van der Waals surface area contributed by atoms with E-state index in [9.17, 15) is 92.5 Å². The number of aliphatic hydroxyl groups excluding tert-OH is 2. The van der Waals surface area contributed by atoms with Crippen molar-refractivity contribution in [2.24, 2.45) is 17.8 Å². The number of alkyl halides is 5. The molecule has 0 unspecified atom stereocenters. The molecule has 15 rings (SSSR count). The standard InChI is InChI=1S/C20H26N4O5S.C19H30F2N2O3.C18H24F3N3O2.2C18H20FN3O3/c1-20(2,3)16-12-17(22-29-16)21-19(26)15-10-11-18(25)24(15)14-8-6-13(7-9-14)23(4)30(5,27)28;20-19(21)8-6-14(7-9-19)18(26)23-12-15(24)10-16(23)17(25)22-11-13-4-2-1-3-5-13;19-18(20,21)13-6-7-16(22-10-13)24-11-14(25)8-15(24)17(26)23-9-12-4-2-1-3-5-12;1-18(2,3)14-10-15(21-25-14)20-17(24)13-8-9-16(23)22(13)12-6-4-11(19)5-7-12;1-18(2,3)14-10-15(25-21-14)20-17(24)13-8-9-16(23)22(13)12-6-4-11(19)5-7-12/h6-9,12,15H,10-11H2,1-5H3,(H,21,22,26);13-16,24H,1-12H2,(H,22,25);6-7,10,12,14-15,25H,1-5,8-9,11H2,(H,23,26);4-7,10,13H,8-9H2,1-3H3,(H,20,21,24);4-7,10,13H,8-9H2,1-3H3,(H,20,24)/t15-;15-,16+;14-,15+;2*13-/m01100/s1. The first kappa shape index (κ1) is 101. The molecule has 4 aromatic heterocycles. The van der Waals surface area contributed by atoms with E-state index >= 15 is 0 Å². The van der Waals surface area contributed by atoms with Gasteiger partial charge in [-0.15, -0.1) is 0 Å². The first-order chi connectivity index (χ1) is 62.1. The molecule has 5 aliphatic heterocycles. The topological polar surface area (TPSA) is 399 Å². The van der Waals surface area contributed by atoms with Gasteiger partial charge in [0.25, 0.3) is 0 Å². The number of hydrogen-bond donors (Lipinski definition) is 7. The summed E-state index contributed by atoms with van der Waals surface area (Å²) in [6.07, 6.45) is 9.84. The number of carbonyl (C=O) groups is 9. The van der Waals surface area contributed by atoms with Gasteiger partial charge in [-0.2, -0.15) is 13.2 Å². The van der Waals surface area contributed by atoms with Gasteiger partial charge in [-0.1, -0.05) is 116 Å². The summed E-state index contributed by atoms with van der Waals surface area (Å²) in [7, 11) is -1.94. The molecule has 7 aromatic rings. The Morgan fingerprint density at radius 3 is 1.32 bits per heavy atom. The van der Waals surface area contributed by atoms with Crippen LogP contribution in [0.4, 0.5) is 76.8 Å². The number of pyridine rings is 1. The average molecular weight is 1870 g/mol. The van der Waals surface area contributed by atoms with Crippen LogP contribution in [0.1, 0.15) is 226 Å². The molecule has 39 heteroatoms. The third-order valence-electron chi connectivity index (χ3n) is 24.7. The number of nitrogens with one attached hydrogen (secondary N) is 5. The van der Waals surface area contributed by atoms with Crippen LogP contribution in [0.25, 0.3) is 0 Å². The van der Waals surface area contributed by atoms with Crippen LogP contribution in [0.5, 0.6) is 0 Å². The number of aromatic nitrogens is 4. The number of aliphatic hydroxyl groups is 2. The average Bonchev–Trinajstić information content (AvgIpc) is 1.39. The molecule has 718 valence electrons. The van der Waals surface area contributed by atoms with Crippen LogP contribution in [-0.4, -0.2) is 185 Å². The molecule has 31 nitrogen and oxygen atoms in total. The van der Waals surface area contributed by atoms with Crippen molar-refractivity contribution in [3.8, 4) is 0 Å². The lowest BCUT2D eigenvalue weighted by atomic mass is 9.85. The van der Waals surface area contributed by atoms with E-state index in [2.05, 4.69) is 47.0 Å². The first-order valence-electron chi connectivity index (χ1n) is 44.8.